The van der Waals surface area contributed by atoms with Crippen LogP contribution in [0.3, 0.4) is 0 Å². The van der Waals surface area contributed by atoms with Crippen molar-refractivity contribution >= 4 is 11.7 Å². The molecule has 0 saturated heterocycles. The molecule has 0 unspecified atom stereocenters. The second-order valence-corrected chi connectivity index (χ2v) is 7.60. The number of hydrogen-bond acceptors (Lipinski definition) is 5. The fraction of sp³-hybridized carbons (Fsp3) is 0.318. The first kappa shape index (κ1) is 21.7. The Labute approximate surface area is 182 Å². The third-order valence-corrected chi connectivity index (χ3v) is 4.99. The van der Waals surface area contributed by atoms with E-state index < -0.39 is 17.8 Å². The molecule has 0 atom stereocenters. The molecule has 1 aliphatic carbocycles. The summed E-state index contributed by atoms with van der Waals surface area (Å²) in [5, 5.41) is 10.9. The number of carbonyl (C=O) groups excluding carboxylic acids is 1. The van der Waals surface area contributed by atoms with Gasteiger partial charge < -0.3 is 14.8 Å². The molecule has 2 aromatic carbocycles. The lowest BCUT2D eigenvalue weighted by atomic mass is 9.91. The minimum atomic E-state index is -2.63. The second kappa shape index (κ2) is 8.89. The number of ether oxygens (including phenoxy) is 2. The van der Waals surface area contributed by atoms with Crippen LogP contribution in [0, 0.1) is 5.82 Å². The van der Waals surface area contributed by atoms with Gasteiger partial charge in [0, 0.05) is 12.8 Å². The van der Waals surface area contributed by atoms with Gasteiger partial charge in [0.05, 0.1) is 26.3 Å². The summed E-state index contributed by atoms with van der Waals surface area (Å²) >= 11 is 0. The van der Waals surface area contributed by atoms with Gasteiger partial charge >= 0.3 is 0 Å². The van der Waals surface area contributed by atoms with Crippen LogP contribution in [0.4, 0.5) is 19.0 Å². The maximum absolute atomic E-state index is 13.8. The van der Waals surface area contributed by atoms with Crippen molar-refractivity contribution in [3.63, 3.8) is 0 Å². The van der Waals surface area contributed by atoms with Crippen molar-refractivity contribution in [3.05, 3.63) is 65.6 Å². The number of anilines is 1. The van der Waals surface area contributed by atoms with Crippen LogP contribution in [-0.2, 0) is 17.8 Å². The summed E-state index contributed by atoms with van der Waals surface area (Å²) in [4.78, 5) is 13.6. The molecule has 1 amide bonds. The highest BCUT2D eigenvalue weighted by atomic mass is 19.3. The molecular weight excluding hydrogens is 425 g/mol. The van der Waals surface area contributed by atoms with Crippen LogP contribution in [-0.4, -0.2) is 40.0 Å². The summed E-state index contributed by atoms with van der Waals surface area (Å²) in [5.74, 6) is -2.48. The van der Waals surface area contributed by atoms with Crippen LogP contribution >= 0.6 is 0 Å². The predicted molar refractivity (Wildman–Crippen MR) is 109 cm³/mol. The summed E-state index contributed by atoms with van der Waals surface area (Å²) in [7, 11) is 1.39. The first-order chi connectivity index (χ1) is 15.3. The van der Waals surface area contributed by atoms with Gasteiger partial charge in [-0.2, -0.15) is 9.90 Å². The third kappa shape index (κ3) is 5.37. The summed E-state index contributed by atoms with van der Waals surface area (Å²) in [6, 6.07) is 11.3. The molecule has 10 heteroatoms. The number of methoxy groups -OCH3 is 1. The SMILES string of the molecule is COc1ccc(Cn2ncc(NC(=O)Cc3ccc(OC4CC(F)(F)C4)cc3)n2)cc1F. The first-order valence-electron chi connectivity index (χ1n) is 9.95. The summed E-state index contributed by atoms with van der Waals surface area (Å²) < 4.78 is 49.9. The van der Waals surface area contributed by atoms with Crippen molar-refractivity contribution < 1.29 is 27.4 Å². The highest BCUT2D eigenvalue weighted by molar-refractivity contribution is 5.91. The molecule has 1 fully saturated rings. The van der Waals surface area contributed by atoms with Crippen LogP contribution in [0.15, 0.2) is 48.7 Å². The first-order valence-corrected chi connectivity index (χ1v) is 9.95. The molecule has 1 aromatic heterocycles. The minimum Gasteiger partial charge on any atom is -0.494 e. The lowest BCUT2D eigenvalue weighted by Crippen LogP contribution is -2.43. The molecular formula is C22H21F3N4O3. The van der Waals surface area contributed by atoms with E-state index in [1.54, 1.807) is 30.3 Å². The number of carbonyl (C=O) groups is 1. The van der Waals surface area contributed by atoms with Crippen molar-refractivity contribution in [2.45, 2.75) is 37.8 Å². The molecule has 0 spiro atoms. The van der Waals surface area contributed by atoms with Crippen LogP contribution < -0.4 is 14.8 Å². The van der Waals surface area contributed by atoms with Gasteiger partial charge in [0.15, 0.2) is 17.4 Å². The number of alkyl halides is 2. The lowest BCUT2D eigenvalue weighted by molar-refractivity contribution is -0.134. The summed E-state index contributed by atoms with van der Waals surface area (Å²) in [6.07, 6.45) is 0.481. The van der Waals surface area contributed by atoms with Crippen molar-refractivity contribution in [1.82, 2.24) is 15.0 Å². The molecule has 1 aliphatic rings. The Morgan fingerprint density at radius 1 is 1.19 bits per heavy atom. The molecule has 4 rings (SSSR count). The minimum absolute atomic E-state index is 0.0956. The zero-order valence-electron chi connectivity index (χ0n) is 17.2. The topological polar surface area (TPSA) is 78.3 Å². The van der Waals surface area contributed by atoms with Crippen LogP contribution in [0.2, 0.25) is 0 Å². The normalized spacial score (nSPS) is 15.1. The monoisotopic (exact) mass is 446 g/mol. The van der Waals surface area contributed by atoms with E-state index in [0.29, 0.717) is 11.3 Å². The van der Waals surface area contributed by atoms with Gasteiger partial charge in [-0.25, -0.2) is 13.2 Å². The number of halogens is 3. The number of hydrogen-bond donors (Lipinski definition) is 1. The number of aromatic nitrogens is 3. The van der Waals surface area contributed by atoms with E-state index in [1.807, 2.05) is 0 Å². The largest absolute Gasteiger partial charge is 0.494 e. The zero-order valence-corrected chi connectivity index (χ0v) is 17.2. The average molecular weight is 446 g/mol. The van der Waals surface area contributed by atoms with E-state index in [9.17, 15) is 18.0 Å². The number of benzene rings is 2. The van der Waals surface area contributed by atoms with E-state index in [1.165, 1.54) is 30.2 Å². The number of rotatable bonds is 8. The highest BCUT2D eigenvalue weighted by Gasteiger charge is 2.46. The van der Waals surface area contributed by atoms with Crippen LogP contribution in [0.25, 0.3) is 0 Å². The van der Waals surface area contributed by atoms with E-state index >= 15 is 0 Å². The quantitative estimate of drug-likeness (QED) is 0.569. The molecule has 1 heterocycles. The van der Waals surface area contributed by atoms with E-state index in [-0.39, 0.29) is 43.3 Å². The van der Waals surface area contributed by atoms with Gasteiger partial charge in [-0.3, -0.25) is 4.79 Å². The Hall–Kier alpha value is -3.56. The van der Waals surface area contributed by atoms with Crippen LogP contribution in [0.5, 0.6) is 11.5 Å². The molecule has 3 aromatic rings. The van der Waals surface area contributed by atoms with Crippen molar-refractivity contribution in [2.24, 2.45) is 0 Å². The molecule has 1 N–H and O–H groups in total. The van der Waals surface area contributed by atoms with Crippen molar-refractivity contribution in [3.8, 4) is 11.5 Å². The molecule has 0 radical (unpaired) electrons. The standard InChI is InChI=1S/C22H21F3N4O3/c1-31-19-7-4-15(8-18(19)23)13-29-26-12-20(28-29)27-21(30)9-14-2-5-16(6-3-14)32-17-10-22(24,25)11-17/h2-8,12,17H,9-11,13H2,1H3,(H,27,28,30). The molecule has 0 bridgehead atoms. The molecule has 1 saturated carbocycles. The fourth-order valence-electron chi connectivity index (χ4n) is 3.34. The smallest absolute Gasteiger partial charge is 0.255 e. The number of nitrogens with one attached hydrogen (secondary N) is 1. The Kier molecular flexibility index (Phi) is 6.02. The van der Waals surface area contributed by atoms with E-state index in [0.717, 1.165) is 5.56 Å². The maximum atomic E-state index is 13.8. The van der Waals surface area contributed by atoms with E-state index in [4.69, 9.17) is 9.47 Å². The van der Waals surface area contributed by atoms with Crippen molar-refractivity contribution in [1.29, 1.82) is 0 Å². The van der Waals surface area contributed by atoms with Crippen LogP contribution in [0.1, 0.15) is 24.0 Å². The van der Waals surface area contributed by atoms with Gasteiger partial charge in [0.25, 0.3) is 5.92 Å². The number of amides is 1. The maximum Gasteiger partial charge on any atom is 0.255 e. The van der Waals surface area contributed by atoms with Gasteiger partial charge in [0.2, 0.25) is 5.91 Å². The average Bonchev–Trinajstić information content (AvgIpc) is 3.14. The molecule has 0 aliphatic heterocycles. The summed E-state index contributed by atoms with van der Waals surface area (Å²) in [5.41, 5.74) is 1.37. The van der Waals surface area contributed by atoms with Crippen molar-refractivity contribution in [2.75, 3.05) is 12.4 Å². The van der Waals surface area contributed by atoms with Gasteiger partial charge in [-0.15, -0.1) is 5.10 Å². The molecule has 168 valence electrons. The van der Waals surface area contributed by atoms with Gasteiger partial charge in [-0.1, -0.05) is 18.2 Å². The van der Waals surface area contributed by atoms with E-state index in [2.05, 4.69) is 15.5 Å². The third-order valence-electron chi connectivity index (χ3n) is 4.99. The Balaban J connectivity index is 1.27. The lowest BCUT2D eigenvalue weighted by Gasteiger charge is -2.34. The molecule has 32 heavy (non-hydrogen) atoms. The Morgan fingerprint density at radius 2 is 1.91 bits per heavy atom. The fourth-order valence-corrected chi connectivity index (χ4v) is 3.34. The molecule has 7 nitrogen and oxygen atoms in total. The Bertz CT molecular complexity index is 1090. The highest BCUT2D eigenvalue weighted by Crippen LogP contribution is 2.39. The summed E-state index contributed by atoms with van der Waals surface area (Å²) in [6.45, 7) is 0.227. The van der Waals surface area contributed by atoms with Gasteiger partial charge in [-0.05, 0) is 35.4 Å². The Morgan fingerprint density at radius 3 is 2.56 bits per heavy atom. The van der Waals surface area contributed by atoms with Gasteiger partial charge in [0.1, 0.15) is 11.9 Å². The second-order valence-electron chi connectivity index (χ2n) is 7.60. The zero-order chi connectivity index (χ0) is 22.7. The predicted octanol–water partition coefficient (Wildman–Crippen LogP) is 3.83. The number of nitrogens with zero attached hydrogens (tertiary/aromatic N) is 3.